The molecule has 2 amide bonds. The molecule has 190 valence electrons. The summed E-state index contributed by atoms with van der Waals surface area (Å²) < 4.78 is 1.92. The van der Waals surface area contributed by atoms with E-state index < -0.39 is 6.04 Å². The topological polar surface area (TPSA) is 70.6 Å². The van der Waals surface area contributed by atoms with Crippen LogP contribution in [0.4, 0.5) is 0 Å². The maximum absolute atomic E-state index is 13.6. The number of benzene rings is 3. The second kappa shape index (κ2) is 12.7. The van der Waals surface area contributed by atoms with Crippen molar-refractivity contribution < 1.29 is 9.59 Å². The van der Waals surface area contributed by atoms with Crippen molar-refractivity contribution in [2.45, 2.75) is 31.3 Å². The second-order valence-electron chi connectivity index (χ2n) is 8.75. The number of carbonyl (C=O) groups is 2. The van der Waals surface area contributed by atoms with E-state index in [2.05, 4.69) is 54.6 Å². The Balaban J connectivity index is 1.58. The van der Waals surface area contributed by atoms with Crippen LogP contribution >= 0.6 is 43.5 Å². The molecule has 1 heterocycles. The summed E-state index contributed by atoms with van der Waals surface area (Å²) in [4.78, 5) is 31.2. The lowest BCUT2D eigenvalue weighted by molar-refractivity contribution is -0.127. The molecule has 5 nitrogen and oxygen atoms in total. The van der Waals surface area contributed by atoms with E-state index in [-0.39, 0.29) is 17.9 Å². The third kappa shape index (κ3) is 7.18. The van der Waals surface area contributed by atoms with Crippen molar-refractivity contribution in [1.82, 2.24) is 10.6 Å². The van der Waals surface area contributed by atoms with Crippen molar-refractivity contribution >= 4 is 61.0 Å². The number of halogens is 3. The number of nitrogens with one attached hydrogen (secondary N) is 2. The van der Waals surface area contributed by atoms with Gasteiger partial charge in [0.25, 0.3) is 0 Å². The highest BCUT2D eigenvalue weighted by molar-refractivity contribution is 9.10. The van der Waals surface area contributed by atoms with Gasteiger partial charge in [0, 0.05) is 38.6 Å². The van der Waals surface area contributed by atoms with Crippen LogP contribution in [-0.2, 0) is 22.4 Å². The normalized spacial score (nSPS) is 15.5. The van der Waals surface area contributed by atoms with Gasteiger partial charge in [-0.3, -0.25) is 14.6 Å². The first-order valence-electron chi connectivity index (χ1n) is 11.9. The molecule has 37 heavy (non-hydrogen) atoms. The summed E-state index contributed by atoms with van der Waals surface area (Å²) in [6, 6.07) is 22.2. The number of carbonyl (C=O) groups excluding carboxylic acids is 2. The molecule has 3 aromatic rings. The molecule has 0 saturated carbocycles. The molecular weight excluding hydrogens is 618 g/mol. The number of hydrogen-bond donors (Lipinski definition) is 2. The minimum atomic E-state index is -0.734. The van der Waals surface area contributed by atoms with Gasteiger partial charge in [0.2, 0.25) is 11.8 Å². The van der Waals surface area contributed by atoms with Crippen LogP contribution in [0.15, 0.2) is 98.4 Å². The summed E-state index contributed by atoms with van der Waals surface area (Å²) in [5, 5.41) is 6.19. The quantitative estimate of drug-likeness (QED) is 0.297. The zero-order valence-electron chi connectivity index (χ0n) is 20.2. The third-order valence-corrected chi connectivity index (χ3v) is 7.47. The Morgan fingerprint density at radius 1 is 0.973 bits per heavy atom. The summed E-state index contributed by atoms with van der Waals surface area (Å²) in [6.07, 6.45) is 3.53. The Hall–Kier alpha value is -2.74. The summed E-state index contributed by atoms with van der Waals surface area (Å²) in [7, 11) is 1.57. The van der Waals surface area contributed by atoms with E-state index in [1.54, 1.807) is 19.2 Å². The van der Waals surface area contributed by atoms with Crippen LogP contribution in [0.1, 0.15) is 23.1 Å². The van der Waals surface area contributed by atoms with E-state index >= 15 is 0 Å². The highest BCUT2D eigenvalue weighted by Gasteiger charge is 2.30. The average Bonchev–Trinajstić information content (AvgIpc) is 3.31. The highest BCUT2D eigenvalue weighted by Crippen LogP contribution is 2.27. The summed E-state index contributed by atoms with van der Waals surface area (Å²) >= 11 is 13.4. The fraction of sp³-hybridized carbons (Fsp3) is 0.207. The third-order valence-electron chi connectivity index (χ3n) is 6.15. The molecule has 4 rings (SSSR count). The van der Waals surface area contributed by atoms with Gasteiger partial charge in [0.15, 0.2) is 0 Å². The van der Waals surface area contributed by atoms with Gasteiger partial charge >= 0.3 is 0 Å². The van der Waals surface area contributed by atoms with Gasteiger partial charge in [-0.05, 0) is 60.4 Å². The maximum atomic E-state index is 13.6. The molecule has 0 aliphatic carbocycles. The van der Waals surface area contributed by atoms with Crippen LogP contribution in [0.2, 0.25) is 5.02 Å². The Labute approximate surface area is 238 Å². The van der Waals surface area contributed by atoms with Gasteiger partial charge in [-0.2, -0.15) is 0 Å². The van der Waals surface area contributed by atoms with Gasteiger partial charge < -0.3 is 10.6 Å². The Morgan fingerprint density at radius 2 is 1.65 bits per heavy atom. The predicted octanol–water partition coefficient (Wildman–Crippen LogP) is 6.07. The van der Waals surface area contributed by atoms with E-state index in [0.29, 0.717) is 29.1 Å². The minimum Gasteiger partial charge on any atom is -0.357 e. The monoisotopic (exact) mass is 641 g/mol. The lowest BCUT2D eigenvalue weighted by Crippen LogP contribution is -2.48. The van der Waals surface area contributed by atoms with Crippen LogP contribution < -0.4 is 10.6 Å². The van der Waals surface area contributed by atoms with Crippen LogP contribution in [0, 0.1) is 0 Å². The Morgan fingerprint density at radius 3 is 2.32 bits per heavy atom. The number of aryl methyl sites for hydroxylation is 1. The van der Waals surface area contributed by atoms with Gasteiger partial charge in [-0.25, -0.2) is 0 Å². The first kappa shape index (κ1) is 27.3. The first-order chi connectivity index (χ1) is 17.8. The average molecular weight is 644 g/mol. The van der Waals surface area contributed by atoms with Crippen LogP contribution in [0.3, 0.4) is 0 Å². The number of hydrogen-bond acceptors (Lipinski definition) is 3. The second-order valence-corrected chi connectivity index (χ2v) is 11.0. The van der Waals surface area contributed by atoms with E-state index in [1.165, 1.54) is 0 Å². The molecule has 1 aliphatic rings. The van der Waals surface area contributed by atoms with Crippen molar-refractivity contribution in [3.05, 3.63) is 115 Å². The van der Waals surface area contributed by atoms with Crippen molar-refractivity contribution in [3.8, 4) is 0 Å². The molecule has 2 N–H and O–H groups in total. The van der Waals surface area contributed by atoms with E-state index in [0.717, 1.165) is 32.1 Å². The van der Waals surface area contributed by atoms with Gasteiger partial charge in [0.05, 0.1) is 11.8 Å². The number of likely N-dealkylation sites (N-methyl/N-ethyl adjacent to an activating group) is 1. The smallest absolute Gasteiger partial charge is 0.250 e. The summed E-state index contributed by atoms with van der Waals surface area (Å²) in [5.74, 6) is -0.571. The van der Waals surface area contributed by atoms with Crippen molar-refractivity contribution in [2.75, 3.05) is 7.05 Å². The number of amides is 2. The predicted molar refractivity (Wildman–Crippen MR) is 156 cm³/mol. The van der Waals surface area contributed by atoms with E-state index in [9.17, 15) is 9.59 Å². The molecule has 8 heteroatoms. The van der Waals surface area contributed by atoms with Crippen LogP contribution in [0.5, 0.6) is 0 Å². The Bertz CT molecular complexity index is 1370. The van der Waals surface area contributed by atoms with E-state index in [4.69, 9.17) is 16.6 Å². The largest absolute Gasteiger partial charge is 0.357 e. The molecule has 1 aliphatic heterocycles. The molecular formula is C29H26Br2ClN3O2. The molecule has 0 aromatic heterocycles. The fourth-order valence-corrected chi connectivity index (χ4v) is 5.42. The first-order valence-corrected chi connectivity index (χ1v) is 13.9. The van der Waals surface area contributed by atoms with Crippen LogP contribution in [0.25, 0.3) is 0 Å². The van der Waals surface area contributed by atoms with Crippen molar-refractivity contribution in [1.29, 1.82) is 0 Å². The van der Waals surface area contributed by atoms with Crippen LogP contribution in [-0.4, -0.2) is 36.7 Å². The van der Waals surface area contributed by atoms with Gasteiger partial charge in [-0.1, -0.05) is 85.9 Å². The molecule has 0 radical (unpaired) electrons. The lowest BCUT2D eigenvalue weighted by Gasteiger charge is -2.20. The molecule has 2 unspecified atom stereocenters. The molecule has 0 bridgehead atoms. The van der Waals surface area contributed by atoms with Crippen molar-refractivity contribution in [3.63, 3.8) is 0 Å². The molecule has 0 fully saturated rings. The number of allylic oxidation sites excluding steroid dienone is 1. The zero-order chi connectivity index (χ0) is 26.4. The molecule has 0 spiro atoms. The number of aliphatic imine (C=N–C) groups is 1. The molecule has 2 atom stereocenters. The van der Waals surface area contributed by atoms with Gasteiger partial charge in [-0.15, -0.1) is 0 Å². The van der Waals surface area contributed by atoms with Crippen molar-refractivity contribution in [2.24, 2.45) is 4.99 Å². The minimum absolute atomic E-state index is 0.259. The summed E-state index contributed by atoms with van der Waals surface area (Å²) in [6.45, 7) is 0. The fourth-order valence-electron chi connectivity index (χ4n) is 4.29. The maximum Gasteiger partial charge on any atom is 0.250 e. The SMILES string of the molecule is CNC(=O)C(Cc1cccc(Br)c1)NC(=O)C1=CC(c2ccccc2Cl)=NC1CCc1cccc(Br)c1. The summed E-state index contributed by atoms with van der Waals surface area (Å²) in [5.41, 5.74) is 4.04. The molecule has 3 aromatic carbocycles. The molecule has 0 saturated heterocycles. The number of nitrogens with zero attached hydrogens (tertiary/aromatic N) is 1. The van der Waals surface area contributed by atoms with E-state index in [1.807, 2.05) is 54.6 Å². The Kier molecular flexibility index (Phi) is 9.35. The number of rotatable bonds is 9. The standard InChI is InChI=1S/C29H26Br2ClN3O2/c1-33-29(37)27(16-19-7-5-9-21(31)15-19)35-28(36)23-17-26(22-10-2-3-11-24(22)32)34-25(23)13-12-18-6-4-8-20(30)14-18/h2-11,14-15,17,25,27H,12-13,16H2,1H3,(H,33,37)(H,35,36). The lowest BCUT2D eigenvalue weighted by atomic mass is 9.98. The van der Waals surface area contributed by atoms with Gasteiger partial charge in [0.1, 0.15) is 6.04 Å². The highest BCUT2D eigenvalue weighted by atomic mass is 79.9. The zero-order valence-corrected chi connectivity index (χ0v) is 24.1.